The summed E-state index contributed by atoms with van der Waals surface area (Å²) in [7, 11) is 4.76. The van der Waals surface area contributed by atoms with Crippen molar-refractivity contribution in [2.75, 3.05) is 0 Å². The fourth-order valence-electron chi connectivity index (χ4n) is 0.641. The molecule has 11 heavy (non-hydrogen) atoms. The van der Waals surface area contributed by atoms with Crippen LogP contribution in [0.2, 0.25) is 0 Å². The van der Waals surface area contributed by atoms with Gasteiger partial charge in [-0.25, -0.2) is 0 Å². The van der Waals surface area contributed by atoms with Gasteiger partial charge in [0.1, 0.15) is 0 Å². The Hall–Kier alpha value is -0.507. The Morgan fingerprint density at radius 1 is 1.45 bits per heavy atom. The molecule has 3 heteroatoms. The standard InChI is InChI=1S/C8H6N.ClH.Zn/c1-7-3-2-4-8(5-7)6-9;;/h2-5H,1H2;1H;/q-1;;+2/p-1. The van der Waals surface area contributed by atoms with Gasteiger partial charge in [-0.2, -0.15) is 23.8 Å². The molecule has 0 spiro atoms. The first kappa shape index (κ1) is 10.5. The molecule has 0 saturated heterocycles. The number of nitriles is 1. The molecule has 0 aliphatic carbocycles. The SMILES string of the molecule is [CH2-]c1cccc(C#N)c1.[Cl][Zn+]. The molecule has 0 unspecified atom stereocenters. The van der Waals surface area contributed by atoms with Crippen molar-refractivity contribution in [3.63, 3.8) is 0 Å². The number of halogens is 1. The number of hydrogen-bond donors (Lipinski definition) is 0. The van der Waals surface area contributed by atoms with Crippen molar-refractivity contribution < 1.29 is 17.3 Å². The van der Waals surface area contributed by atoms with Gasteiger partial charge < -0.3 is 0 Å². The maximum atomic E-state index is 8.38. The second-order valence-corrected chi connectivity index (χ2v) is 1.81. The second kappa shape index (κ2) is 6.22. The van der Waals surface area contributed by atoms with E-state index in [-0.39, 0.29) is 0 Å². The molecule has 0 bridgehead atoms. The molecule has 1 rings (SSSR count). The van der Waals surface area contributed by atoms with Crippen molar-refractivity contribution in [1.29, 1.82) is 5.26 Å². The third kappa shape index (κ3) is 4.04. The zero-order valence-corrected chi connectivity index (χ0v) is 9.77. The minimum absolute atomic E-state index is 0.669. The van der Waals surface area contributed by atoms with E-state index in [1.54, 1.807) is 12.1 Å². The summed E-state index contributed by atoms with van der Waals surface area (Å²) in [6.07, 6.45) is 0. The van der Waals surface area contributed by atoms with Crippen molar-refractivity contribution >= 4 is 9.69 Å². The summed E-state index contributed by atoms with van der Waals surface area (Å²) in [5.41, 5.74) is 1.55. The molecule has 1 aromatic carbocycles. The number of nitrogens with zero attached hydrogens (tertiary/aromatic N) is 1. The topological polar surface area (TPSA) is 23.8 Å². The summed E-state index contributed by atoms with van der Waals surface area (Å²) in [6, 6.07) is 9.22. The third-order valence-corrected chi connectivity index (χ3v) is 1.06. The summed E-state index contributed by atoms with van der Waals surface area (Å²) < 4.78 is 0. The third-order valence-electron chi connectivity index (χ3n) is 1.06. The molecule has 0 aliphatic heterocycles. The zero-order chi connectivity index (χ0) is 8.69. The van der Waals surface area contributed by atoms with E-state index in [9.17, 15) is 0 Å². The predicted molar refractivity (Wildman–Crippen MR) is 41.5 cm³/mol. The van der Waals surface area contributed by atoms with Gasteiger partial charge in [-0.3, -0.25) is 0 Å². The van der Waals surface area contributed by atoms with Gasteiger partial charge in [-0.1, -0.05) is 6.07 Å². The van der Waals surface area contributed by atoms with Crippen LogP contribution in [0.4, 0.5) is 0 Å². The van der Waals surface area contributed by atoms with Gasteiger partial charge in [0.15, 0.2) is 0 Å². The van der Waals surface area contributed by atoms with E-state index in [2.05, 4.69) is 6.92 Å². The molecule has 0 amide bonds. The van der Waals surface area contributed by atoms with Crippen molar-refractivity contribution in [1.82, 2.24) is 0 Å². The van der Waals surface area contributed by atoms with Gasteiger partial charge in [0.2, 0.25) is 0 Å². The summed E-state index contributed by atoms with van der Waals surface area (Å²) >= 11 is 0.847. The van der Waals surface area contributed by atoms with E-state index >= 15 is 0 Å². The molecule has 0 radical (unpaired) electrons. The molecular weight excluding hydrogens is 211 g/mol. The van der Waals surface area contributed by atoms with Gasteiger partial charge in [0, 0.05) is 0 Å². The summed E-state index contributed by atoms with van der Waals surface area (Å²) in [6.45, 7) is 3.68. The van der Waals surface area contributed by atoms with Crippen molar-refractivity contribution in [2.45, 2.75) is 0 Å². The van der Waals surface area contributed by atoms with Crippen LogP contribution in [-0.2, 0) is 17.3 Å². The summed E-state index contributed by atoms with van der Waals surface area (Å²) in [5.74, 6) is 0. The van der Waals surface area contributed by atoms with E-state index in [4.69, 9.17) is 15.0 Å². The molecule has 1 nitrogen and oxygen atoms in total. The maximum absolute atomic E-state index is 8.38. The predicted octanol–water partition coefficient (Wildman–Crippen LogP) is 2.43. The second-order valence-electron chi connectivity index (χ2n) is 1.81. The van der Waals surface area contributed by atoms with Crippen LogP contribution in [0.15, 0.2) is 24.3 Å². The summed E-state index contributed by atoms with van der Waals surface area (Å²) in [4.78, 5) is 0. The molecule has 0 N–H and O–H groups in total. The van der Waals surface area contributed by atoms with E-state index in [0.717, 1.165) is 22.9 Å². The Labute approximate surface area is 80.7 Å². The molecule has 52 valence electrons. The fourth-order valence-corrected chi connectivity index (χ4v) is 0.641. The first-order valence-electron chi connectivity index (χ1n) is 2.92. The van der Waals surface area contributed by atoms with E-state index in [1.165, 1.54) is 0 Å². The van der Waals surface area contributed by atoms with E-state index in [0.29, 0.717) is 5.56 Å². The minimum atomic E-state index is 0.669. The van der Waals surface area contributed by atoms with Gasteiger partial charge in [0.05, 0.1) is 6.07 Å². The van der Waals surface area contributed by atoms with Gasteiger partial charge in [-0.15, -0.1) is 12.1 Å². The molecule has 1 aromatic rings. The van der Waals surface area contributed by atoms with Gasteiger partial charge in [-0.05, 0) is 5.56 Å². The van der Waals surface area contributed by atoms with Crippen molar-refractivity contribution in [3.05, 3.63) is 42.3 Å². The summed E-state index contributed by atoms with van der Waals surface area (Å²) in [5, 5.41) is 8.38. The Bertz CT molecular complexity index is 255. The van der Waals surface area contributed by atoms with E-state index < -0.39 is 0 Å². The molecule has 0 saturated carbocycles. The van der Waals surface area contributed by atoms with Crippen LogP contribution in [0.1, 0.15) is 11.1 Å². The molecule has 0 atom stereocenters. The van der Waals surface area contributed by atoms with E-state index in [1.807, 2.05) is 18.2 Å². The van der Waals surface area contributed by atoms with Crippen LogP contribution in [-0.4, -0.2) is 0 Å². The first-order valence-corrected chi connectivity index (χ1v) is 6.81. The molecule has 0 aromatic heterocycles. The normalized spacial score (nSPS) is 7.45. The Balaban J connectivity index is 0.000000461. The molecule has 0 heterocycles. The Kier molecular flexibility index (Phi) is 5.93. The molecule has 0 fully saturated rings. The van der Waals surface area contributed by atoms with Crippen LogP contribution in [0, 0.1) is 18.3 Å². The Morgan fingerprint density at radius 2 is 2.09 bits per heavy atom. The average Bonchev–Trinajstić information content (AvgIpc) is 2.08. The van der Waals surface area contributed by atoms with Crippen LogP contribution in [0.25, 0.3) is 0 Å². The van der Waals surface area contributed by atoms with Crippen LogP contribution < -0.4 is 0 Å². The van der Waals surface area contributed by atoms with Crippen molar-refractivity contribution in [3.8, 4) is 6.07 Å². The van der Waals surface area contributed by atoms with Gasteiger partial charge in [0.25, 0.3) is 0 Å². The Morgan fingerprint density at radius 3 is 2.45 bits per heavy atom. The fraction of sp³-hybridized carbons (Fsp3) is 0. The average molecular weight is 217 g/mol. The zero-order valence-electron chi connectivity index (χ0n) is 6.05. The molecule has 0 aliphatic rings. The quantitative estimate of drug-likeness (QED) is 0.483. The monoisotopic (exact) mass is 215 g/mol. The van der Waals surface area contributed by atoms with Crippen LogP contribution in [0.3, 0.4) is 0 Å². The molecular formula is C8H6ClNZn. The number of rotatable bonds is 0. The van der Waals surface area contributed by atoms with Crippen LogP contribution >= 0.6 is 9.69 Å². The van der Waals surface area contributed by atoms with Crippen molar-refractivity contribution in [2.24, 2.45) is 0 Å². The van der Waals surface area contributed by atoms with Crippen LogP contribution in [0.5, 0.6) is 0 Å². The first-order chi connectivity index (χ1) is 5.33. The van der Waals surface area contributed by atoms with Gasteiger partial charge >= 0.3 is 27.0 Å². The number of benzene rings is 1. The number of hydrogen-bond acceptors (Lipinski definition) is 1.